The van der Waals surface area contributed by atoms with Crippen molar-refractivity contribution in [3.8, 4) is 0 Å². The van der Waals surface area contributed by atoms with E-state index in [1.165, 1.54) is 24.0 Å². The Kier molecular flexibility index (Phi) is 6.13. The van der Waals surface area contributed by atoms with Crippen molar-refractivity contribution in [2.24, 2.45) is 4.99 Å². The maximum absolute atomic E-state index is 13.9. The van der Waals surface area contributed by atoms with Gasteiger partial charge in [0.15, 0.2) is 4.80 Å². The van der Waals surface area contributed by atoms with Crippen molar-refractivity contribution < 1.29 is 9.53 Å². The van der Waals surface area contributed by atoms with Crippen LogP contribution in [0.5, 0.6) is 0 Å². The van der Waals surface area contributed by atoms with E-state index < -0.39 is 12.0 Å². The van der Waals surface area contributed by atoms with Gasteiger partial charge in [-0.25, -0.2) is 9.79 Å². The number of hydrogen-bond donors (Lipinski definition) is 0. The number of nitrogens with zero attached hydrogens (tertiary/aromatic N) is 3. The van der Waals surface area contributed by atoms with E-state index in [0.717, 1.165) is 28.6 Å². The number of para-hydroxylation sites is 1. The molecule has 2 aromatic heterocycles. The highest BCUT2D eigenvalue weighted by molar-refractivity contribution is 7.07. The quantitative estimate of drug-likeness (QED) is 0.323. The first-order valence-corrected chi connectivity index (χ1v) is 13.1. The van der Waals surface area contributed by atoms with E-state index in [4.69, 9.17) is 4.74 Å². The Labute approximate surface area is 223 Å². The molecule has 0 saturated heterocycles. The van der Waals surface area contributed by atoms with Crippen molar-refractivity contribution in [3.05, 3.63) is 139 Å². The molecule has 1 atom stereocenters. The summed E-state index contributed by atoms with van der Waals surface area (Å²) >= 11 is 1.33. The number of fused-ring (bicyclic) bond motifs is 2. The molecule has 3 heterocycles. The summed E-state index contributed by atoms with van der Waals surface area (Å²) in [6.07, 6.45) is 4.03. The maximum Gasteiger partial charge on any atom is 0.338 e. The van der Waals surface area contributed by atoms with Crippen molar-refractivity contribution in [1.82, 2.24) is 9.13 Å². The van der Waals surface area contributed by atoms with Crippen molar-refractivity contribution in [1.29, 1.82) is 0 Å². The van der Waals surface area contributed by atoms with E-state index in [1.54, 1.807) is 11.5 Å². The summed E-state index contributed by atoms with van der Waals surface area (Å²) in [5.41, 5.74) is 4.83. The molecule has 0 bridgehead atoms. The fourth-order valence-corrected chi connectivity index (χ4v) is 6.12. The lowest BCUT2D eigenvalue weighted by atomic mass is 9.96. The summed E-state index contributed by atoms with van der Waals surface area (Å²) in [5, 5.41) is 1.07. The van der Waals surface area contributed by atoms with Gasteiger partial charge in [-0.3, -0.25) is 9.36 Å². The Morgan fingerprint density at radius 1 is 1.00 bits per heavy atom. The SMILES string of the molecule is COC(=O)C1=C(C)N=c2s/c(=C\c3cn(Cc4ccccc4)c4ccccc34)c(=O)n2[C@@H]1c1ccccc1. The Morgan fingerprint density at radius 3 is 2.42 bits per heavy atom. The summed E-state index contributed by atoms with van der Waals surface area (Å²) in [5.74, 6) is -0.488. The van der Waals surface area contributed by atoms with E-state index in [2.05, 4.69) is 40.0 Å². The van der Waals surface area contributed by atoms with Gasteiger partial charge in [0.2, 0.25) is 0 Å². The average molecular weight is 520 g/mol. The molecule has 0 unspecified atom stereocenters. The molecule has 0 radical (unpaired) electrons. The lowest BCUT2D eigenvalue weighted by Gasteiger charge is -2.24. The lowest BCUT2D eigenvalue weighted by molar-refractivity contribution is -0.136. The molecule has 3 aromatic carbocycles. The highest BCUT2D eigenvalue weighted by Crippen LogP contribution is 2.30. The van der Waals surface area contributed by atoms with Crippen LogP contribution in [-0.2, 0) is 16.1 Å². The standard InChI is InChI=1S/C31H25N3O3S/c1-20-27(30(36)37-2)28(22-13-7-4-8-14-22)34-29(35)26(38-31(34)32-20)17-23-19-33(18-21-11-5-3-6-12-21)25-16-10-9-15-24(23)25/h3-17,19,28H,18H2,1-2H3/b26-17-/t28-/m1/s1. The molecule has 5 aromatic rings. The van der Waals surface area contributed by atoms with E-state index in [9.17, 15) is 9.59 Å². The molecule has 0 amide bonds. The third-order valence-electron chi connectivity index (χ3n) is 6.84. The number of benzene rings is 3. The molecule has 6 nitrogen and oxygen atoms in total. The van der Waals surface area contributed by atoms with Gasteiger partial charge in [-0.1, -0.05) is 90.2 Å². The minimum atomic E-state index is -0.610. The molecule has 0 fully saturated rings. The monoisotopic (exact) mass is 519 g/mol. The second kappa shape index (κ2) is 9.76. The summed E-state index contributed by atoms with van der Waals surface area (Å²) in [7, 11) is 1.35. The van der Waals surface area contributed by atoms with Crippen molar-refractivity contribution in [2.75, 3.05) is 7.11 Å². The summed E-state index contributed by atoms with van der Waals surface area (Å²) < 4.78 is 9.48. The molecule has 6 rings (SSSR count). The van der Waals surface area contributed by atoms with Crippen LogP contribution in [-0.4, -0.2) is 22.2 Å². The molecule has 188 valence electrons. The van der Waals surface area contributed by atoms with E-state index in [1.807, 2.05) is 66.7 Å². The topological polar surface area (TPSA) is 65.6 Å². The molecule has 0 spiro atoms. The van der Waals surface area contributed by atoms with Crippen LogP contribution in [0.4, 0.5) is 0 Å². The summed E-state index contributed by atoms with van der Waals surface area (Å²) in [4.78, 5) is 31.9. The van der Waals surface area contributed by atoms with Gasteiger partial charge in [0, 0.05) is 29.2 Å². The van der Waals surface area contributed by atoms with Gasteiger partial charge < -0.3 is 9.30 Å². The largest absolute Gasteiger partial charge is 0.466 e. The predicted molar refractivity (Wildman–Crippen MR) is 150 cm³/mol. The van der Waals surface area contributed by atoms with Crippen LogP contribution in [0, 0.1) is 0 Å². The van der Waals surface area contributed by atoms with Crippen LogP contribution in [0.1, 0.15) is 29.7 Å². The fraction of sp³-hybridized carbons (Fsp3) is 0.129. The molecule has 1 aliphatic rings. The number of aromatic nitrogens is 2. The van der Waals surface area contributed by atoms with E-state index in [0.29, 0.717) is 20.6 Å². The van der Waals surface area contributed by atoms with Crippen molar-refractivity contribution in [3.63, 3.8) is 0 Å². The number of allylic oxidation sites excluding steroid dienone is 1. The number of hydrogen-bond acceptors (Lipinski definition) is 5. The predicted octanol–water partition coefficient (Wildman–Crippen LogP) is 4.41. The van der Waals surface area contributed by atoms with Crippen molar-refractivity contribution in [2.45, 2.75) is 19.5 Å². The zero-order chi connectivity index (χ0) is 26.2. The average Bonchev–Trinajstić information content (AvgIpc) is 3.45. The lowest BCUT2D eigenvalue weighted by Crippen LogP contribution is -2.39. The van der Waals surface area contributed by atoms with Gasteiger partial charge in [0.25, 0.3) is 5.56 Å². The van der Waals surface area contributed by atoms with E-state index >= 15 is 0 Å². The molecule has 0 saturated carbocycles. The fourth-order valence-electron chi connectivity index (χ4n) is 5.09. The first-order valence-electron chi connectivity index (χ1n) is 12.3. The zero-order valence-corrected chi connectivity index (χ0v) is 21.8. The summed E-state index contributed by atoms with van der Waals surface area (Å²) in [6.45, 7) is 2.52. The molecule has 0 aliphatic carbocycles. The summed E-state index contributed by atoms with van der Waals surface area (Å²) in [6, 6.07) is 27.4. The van der Waals surface area contributed by atoms with Crippen LogP contribution in [0.25, 0.3) is 17.0 Å². The third kappa shape index (κ3) is 4.11. The molecule has 38 heavy (non-hydrogen) atoms. The minimum absolute atomic E-state index is 0.184. The molecular weight excluding hydrogens is 494 g/mol. The van der Waals surface area contributed by atoms with Crippen LogP contribution in [0.15, 0.2) is 112 Å². The number of ether oxygens (including phenoxy) is 1. The van der Waals surface area contributed by atoms with Crippen LogP contribution in [0.2, 0.25) is 0 Å². The Morgan fingerprint density at radius 2 is 1.68 bits per heavy atom. The number of carbonyl (C=O) groups excluding carboxylic acids is 1. The Bertz CT molecular complexity index is 1880. The van der Waals surface area contributed by atoms with Gasteiger partial charge in [-0.15, -0.1) is 0 Å². The van der Waals surface area contributed by atoms with Gasteiger partial charge >= 0.3 is 5.97 Å². The van der Waals surface area contributed by atoms with E-state index in [-0.39, 0.29) is 5.56 Å². The smallest absolute Gasteiger partial charge is 0.338 e. The van der Waals surface area contributed by atoms with Gasteiger partial charge in [-0.05, 0) is 30.2 Å². The minimum Gasteiger partial charge on any atom is -0.466 e. The van der Waals surface area contributed by atoms with Crippen LogP contribution in [0.3, 0.4) is 0 Å². The number of rotatable bonds is 5. The maximum atomic E-state index is 13.9. The number of esters is 1. The first kappa shape index (κ1) is 23.9. The van der Waals surface area contributed by atoms with Gasteiger partial charge in [0.1, 0.15) is 0 Å². The number of thiazole rings is 1. The normalized spacial score (nSPS) is 15.4. The van der Waals surface area contributed by atoms with Crippen LogP contribution < -0.4 is 14.9 Å². The van der Waals surface area contributed by atoms with Gasteiger partial charge in [-0.2, -0.15) is 0 Å². The number of carbonyl (C=O) groups is 1. The highest BCUT2D eigenvalue weighted by atomic mass is 32.1. The van der Waals surface area contributed by atoms with Crippen LogP contribution >= 0.6 is 11.3 Å². The molecule has 0 N–H and O–H groups in total. The Hall–Kier alpha value is -4.49. The van der Waals surface area contributed by atoms with Crippen molar-refractivity contribution >= 4 is 34.3 Å². The molecule has 7 heteroatoms. The second-order valence-electron chi connectivity index (χ2n) is 9.20. The highest BCUT2D eigenvalue weighted by Gasteiger charge is 2.32. The second-order valence-corrected chi connectivity index (χ2v) is 10.2. The molecular formula is C31H25N3O3S. The van der Waals surface area contributed by atoms with Gasteiger partial charge in [0.05, 0.1) is 29.0 Å². The molecule has 1 aliphatic heterocycles. The zero-order valence-electron chi connectivity index (χ0n) is 21.0. The third-order valence-corrected chi connectivity index (χ3v) is 7.83. The number of methoxy groups -OCH3 is 1. The first-order chi connectivity index (χ1) is 18.5. The Balaban J connectivity index is 1.53.